The summed E-state index contributed by atoms with van der Waals surface area (Å²) in [5.41, 5.74) is 2.37. The Kier molecular flexibility index (Phi) is 8.42. The molecule has 2 unspecified atom stereocenters. The second-order valence-electron chi connectivity index (χ2n) is 11.3. The first kappa shape index (κ1) is 29.1. The molecule has 2 aliphatic rings. The van der Waals surface area contributed by atoms with Crippen molar-refractivity contribution >= 4 is 68.7 Å². The highest BCUT2D eigenvalue weighted by atomic mass is 32.2. The molecule has 218 valence electrons. The van der Waals surface area contributed by atoms with E-state index in [2.05, 4.69) is 38.6 Å². The maximum atomic E-state index is 13.3. The van der Waals surface area contributed by atoms with Gasteiger partial charge in [-0.15, -0.1) is 23.1 Å². The van der Waals surface area contributed by atoms with E-state index < -0.39 is 11.7 Å². The van der Waals surface area contributed by atoms with Gasteiger partial charge in [0.25, 0.3) is 0 Å². The average Bonchev–Trinajstić information content (AvgIpc) is 3.30. The largest absolute Gasteiger partial charge is 0.494 e. The van der Waals surface area contributed by atoms with Crippen molar-refractivity contribution in [3.8, 4) is 5.75 Å². The number of amides is 2. The number of methoxy groups -OCH3 is 1. The Hall–Kier alpha value is -3.38. The van der Waals surface area contributed by atoms with Gasteiger partial charge in [0, 0.05) is 53.4 Å². The Morgan fingerprint density at radius 2 is 2.02 bits per heavy atom. The third kappa shape index (κ3) is 6.59. The van der Waals surface area contributed by atoms with Crippen LogP contribution in [-0.4, -0.2) is 71.2 Å². The molecule has 2 aromatic heterocycles. The fourth-order valence-electron chi connectivity index (χ4n) is 5.03. The van der Waals surface area contributed by atoms with Crippen LogP contribution in [0.5, 0.6) is 5.75 Å². The molecule has 3 aromatic rings. The van der Waals surface area contributed by atoms with Crippen LogP contribution in [0.25, 0.3) is 10.2 Å². The second-order valence-corrected chi connectivity index (χ2v) is 13.8. The second kappa shape index (κ2) is 11.8. The number of carbonyl (C=O) groups excluding carboxylic acids is 2. The number of benzene rings is 1. The van der Waals surface area contributed by atoms with Crippen molar-refractivity contribution in [2.45, 2.75) is 62.7 Å². The van der Waals surface area contributed by atoms with Gasteiger partial charge in [-0.05, 0) is 58.6 Å². The molecule has 2 amide bonds. The third-order valence-electron chi connectivity index (χ3n) is 6.96. The number of rotatable bonds is 7. The first-order chi connectivity index (χ1) is 19.5. The number of hydrogen-bond donors (Lipinski definition) is 2. The topological polar surface area (TPSA) is 118 Å². The Morgan fingerprint density at radius 1 is 1.22 bits per heavy atom. The van der Waals surface area contributed by atoms with Crippen LogP contribution in [0.2, 0.25) is 0 Å². The molecule has 1 aliphatic carbocycles. The van der Waals surface area contributed by atoms with Crippen LogP contribution < -0.4 is 15.4 Å². The fourth-order valence-corrected chi connectivity index (χ4v) is 7.24. The van der Waals surface area contributed by atoms with Crippen molar-refractivity contribution < 1.29 is 19.1 Å². The number of ether oxygens (including phenoxy) is 2. The van der Waals surface area contributed by atoms with E-state index in [9.17, 15) is 9.59 Å². The molecule has 5 rings (SSSR count). The predicted molar refractivity (Wildman–Crippen MR) is 165 cm³/mol. The summed E-state index contributed by atoms with van der Waals surface area (Å²) in [6.45, 7) is 8.32. The summed E-state index contributed by atoms with van der Waals surface area (Å²) in [6.07, 6.45) is 5.21. The zero-order chi connectivity index (χ0) is 29.3. The summed E-state index contributed by atoms with van der Waals surface area (Å²) in [5.74, 6) is 1.39. The minimum Gasteiger partial charge on any atom is -0.494 e. The van der Waals surface area contributed by atoms with Crippen molar-refractivity contribution in [3.63, 3.8) is 0 Å². The van der Waals surface area contributed by atoms with Gasteiger partial charge < -0.3 is 25.0 Å². The molecule has 0 spiro atoms. The van der Waals surface area contributed by atoms with Crippen molar-refractivity contribution in [1.82, 2.24) is 20.2 Å². The maximum Gasteiger partial charge on any atom is 0.407 e. The summed E-state index contributed by atoms with van der Waals surface area (Å²) in [4.78, 5) is 43.8. The number of fused-ring (bicyclic) bond motifs is 4. The Morgan fingerprint density at radius 3 is 2.78 bits per heavy atom. The number of nitrogens with zero attached hydrogens (tertiary/aromatic N) is 4. The molecule has 3 heterocycles. The molecule has 0 bridgehead atoms. The molecular weight excluding hydrogens is 560 g/mol. The van der Waals surface area contributed by atoms with Gasteiger partial charge in [-0.3, -0.25) is 9.79 Å². The molecule has 0 fully saturated rings. The molecule has 2 atom stereocenters. The van der Waals surface area contributed by atoms with Crippen molar-refractivity contribution in [1.29, 1.82) is 0 Å². The summed E-state index contributed by atoms with van der Waals surface area (Å²) in [6, 6.07) is 4.02. The first-order valence-electron chi connectivity index (χ1n) is 13.7. The maximum absolute atomic E-state index is 13.3. The highest BCUT2D eigenvalue weighted by Gasteiger charge is 2.31. The lowest BCUT2D eigenvalue weighted by molar-refractivity contribution is -0.134. The van der Waals surface area contributed by atoms with Crippen LogP contribution in [0.1, 0.15) is 44.6 Å². The highest BCUT2D eigenvalue weighted by molar-refractivity contribution is 8.00. The molecule has 12 heteroatoms. The van der Waals surface area contributed by atoms with E-state index in [0.717, 1.165) is 45.1 Å². The minimum absolute atomic E-state index is 0.0803. The first-order valence-corrected chi connectivity index (χ1v) is 15.4. The number of thioether (sulfide) groups is 1. The standard InChI is InChI=1S/C29H36N6O4S2/c1-16-14-31-20-12-21(38-6)19(13-23(20)40-16)34-25-24-18-8-7-17(11-22(18)41-26(24)33-15-32-25)27(36)35(5)10-9-30-28(37)39-29(2,3)4/h12-17H,7-11H2,1-6H3,(H,30,37)(H,32,33,34). The molecule has 0 radical (unpaired) electrons. The van der Waals surface area contributed by atoms with Crippen LogP contribution in [0.4, 0.5) is 22.0 Å². The molecule has 0 saturated carbocycles. The number of aromatic nitrogens is 2. The van der Waals surface area contributed by atoms with Crippen molar-refractivity contribution in [2.24, 2.45) is 10.9 Å². The molecule has 41 heavy (non-hydrogen) atoms. The van der Waals surface area contributed by atoms with E-state index in [4.69, 9.17) is 9.47 Å². The van der Waals surface area contributed by atoms with Crippen molar-refractivity contribution in [3.05, 3.63) is 28.9 Å². The summed E-state index contributed by atoms with van der Waals surface area (Å²) in [5, 5.41) is 7.54. The van der Waals surface area contributed by atoms with E-state index >= 15 is 0 Å². The molecule has 2 N–H and O–H groups in total. The van der Waals surface area contributed by atoms with Gasteiger partial charge in [0.1, 0.15) is 28.3 Å². The van der Waals surface area contributed by atoms with E-state index in [-0.39, 0.29) is 11.8 Å². The monoisotopic (exact) mass is 596 g/mol. The summed E-state index contributed by atoms with van der Waals surface area (Å²) < 4.78 is 11.0. The summed E-state index contributed by atoms with van der Waals surface area (Å²) in [7, 11) is 3.43. The van der Waals surface area contributed by atoms with Gasteiger partial charge >= 0.3 is 6.09 Å². The van der Waals surface area contributed by atoms with E-state index in [1.165, 1.54) is 10.4 Å². The number of aliphatic imine (C=N–C) groups is 1. The lowest BCUT2D eigenvalue weighted by Crippen LogP contribution is -2.41. The normalized spacial score (nSPS) is 17.9. The Bertz CT molecular complexity index is 1500. The SMILES string of the molecule is COc1cc2c(cc1Nc1ncnc3sc4c(c13)CCC(C(=O)N(C)CCNC(=O)OC(C)(C)C)C4)SC(C)C=N2. The van der Waals surface area contributed by atoms with Crippen LogP contribution in [0, 0.1) is 5.92 Å². The quantitative estimate of drug-likeness (QED) is 0.355. The lowest BCUT2D eigenvalue weighted by atomic mass is 9.87. The van der Waals surface area contributed by atoms with Crippen LogP contribution >= 0.6 is 23.1 Å². The van der Waals surface area contributed by atoms with Gasteiger partial charge in [-0.1, -0.05) is 0 Å². The van der Waals surface area contributed by atoms with Crippen molar-refractivity contribution in [2.75, 3.05) is 32.6 Å². The van der Waals surface area contributed by atoms with Crippen LogP contribution in [-0.2, 0) is 22.4 Å². The van der Waals surface area contributed by atoms with Crippen LogP contribution in [0.15, 0.2) is 28.3 Å². The van der Waals surface area contributed by atoms with Gasteiger partial charge in [0.15, 0.2) is 0 Å². The molecular formula is C29H36N6O4S2. The van der Waals surface area contributed by atoms with Gasteiger partial charge in [0.05, 0.1) is 23.9 Å². The number of nitrogens with one attached hydrogen (secondary N) is 2. The number of carbonyl (C=O) groups is 2. The van der Waals surface area contributed by atoms with E-state index in [1.54, 1.807) is 48.5 Å². The number of anilines is 2. The Balaban J connectivity index is 1.30. The zero-order valence-corrected chi connectivity index (χ0v) is 25.9. The van der Waals surface area contributed by atoms with Gasteiger partial charge in [0.2, 0.25) is 5.91 Å². The number of alkyl carbamates (subject to hydrolysis) is 1. The Labute approximate surface area is 248 Å². The fraction of sp³-hybridized carbons (Fsp3) is 0.483. The van der Waals surface area contributed by atoms with E-state index in [1.807, 2.05) is 33.1 Å². The predicted octanol–water partition coefficient (Wildman–Crippen LogP) is 5.73. The third-order valence-corrected chi connectivity index (χ3v) is 9.19. The zero-order valence-electron chi connectivity index (χ0n) is 24.2. The highest BCUT2D eigenvalue weighted by Crippen LogP contribution is 2.45. The molecule has 0 saturated heterocycles. The average molecular weight is 597 g/mol. The molecule has 1 aromatic carbocycles. The minimum atomic E-state index is -0.560. The van der Waals surface area contributed by atoms with Gasteiger partial charge in [-0.25, -0.2) is 14.8 Å². The number of thiophene rings is 1. The summed E-state index contributed by atoms with van der Waals surface area (Å²) >= 11 is 3.39. The van der Waals surface area contributed by atoms with Gasteiger partial charge in [-0.2, -0.15) is 0 Å². The van der Waals surface area contributed by atoms with Crippen LogP contribution in [0.3, 0.4) is 0 Å². The molecule has 10 nitrogen and oxygen atoms in total. The molecule has 1 aliphatic heterocycles. The lowest BCUT2D eigenvalue weighted by Gasteiger charge is -2.27. The number of hydrogen-bond acceptors (Lipinski definition) is 10. The number of aryl methyl sites for hydroxylation is 1. The van der Waals surface area contributed by atoms with E-state index in [0.29, 0.717) is 30.5 Å². The smallest absolute Gasteiger partial charge is 0.407 e. The number of likely N-dealkylation sites (N-methyl/N-ethyl adjacent to an activating group) is 1.